The van der Waals surface area contributed by atoms with Crippen LogP contribution in [0.3, 0.4) is 0 Å². The van der Waals surface area contributed by atoms with E-state index < -0.39 is 60.2 Å². The summed E-state index contributed by atoms with van der Waals surface area (Å²) in [5.41, 5.74) is 6.36. The number of rotatable bonds is 14. The Hall–Kier alpha value is -3.48. The zero-order valence-corrected chi connectivity index (χ0v) is 19.7. The van der Waals surface area contributed by atoms with Crippen molar-refractivity contribution in [2.45, 2.75) is 71.1 Å². The summed E-state index contributed by atoms with van der Waals surface area (Å²) in [4.78, 5) is 67.4. The molecule has 190 valence electrons. The Bertz CT molecular complexity index is 858. The lowest BCUT2D eigenvalue weighted by Crippen LogP contribution is -2.59. The number of carbonyl (C=O) groups excluding carboxylic acids is 3. The first-order chi connectivity index (χ1) is 15.9. The lowest BCUT2D eigenvalue weighted by molar-refractivity contribution is -0.147. The Labute approximate surface area is 197 Å². The molecule has 5 atom stereocenters. The fourth-order valence-corrected chi connectivity index (χ4v) is 2.99. The van der Waals surface area contributed by atoms with Gasteiger partial charge in [0.05, 0.1) is 18.8 Å². The number of aromatic amines is 1. The number of imidazole rings is 1. The van der Waals surface area contributed by atoms with Crippen molar-refractivity contribution in [1.82, 2.24) is 25.9 Å². The van der Waals surface area contributed by atoms with Crippen LogP contribution in [-0.4, -0.2) is 74.0 Å². The zero-order chi connectivity index (χ0) is 26.0. The number of carboxylic acid groups (broad SMARTS) is 2. The molecule has 0 saturated heterocycles. The van der Waals surface area contributed by atoms with E-state index in [1.807, 2.05) is 6.92 Å². The molecule has 0 bridgehead atoms. The van der Waals surface area contributed by atoms with Gasteiger partial charge in [0.25, 0.3) is 0 Å². The highest BCUT2D eigenvalue weighted by Gasteiger charge is 2.33. The third-order valence-electron chi connectivity index (χ3n) is 5.42. The summed E-state index contributed by atoms with van der Waals surface area (Å²) in [6.07, 6.45) is 2.40. The first kappa shape index (κ1) is 28.6. The number of hydrogen-bond donors (Lipinski definition) is 7. The van der Waals surface area contributed by atoms with Gasteiger partial charge in [0.1, 0.15) is 18.1 Å². The van der Waals surface area contributed by atoms with Crippen LogP contribution in [0, 0.1) is 11.8 Å². The summed E-state index contributed by atoms with van der Waals surface area (Å²) in [6, 6.07) is -4.81. The van der Waals surface area contributed by atoms with Gasteiger partial charge >= 0.3 is 11.9 Å². The minimum Gasteiger partial charge on any atom is -0.481 e. The maximum atomic E-state index is 13.1. The summed E-state index contributed by atoms with van der Waals surface area (Å²) in [7, 11) is 0. The topological polar surface area (TPSA) is 217 Å². The van der Waals surface area contributed by atoms with Crippen molar-refractivity contribution in [2.75, 3.05) is 0 Å². The van der Waals surface area contributed by atoms with Crippen LogP contribution in [0.25, 0.3) is 0 Å². The smallest absolute Gasteiger partial charge is 0.326 e. The molecule has 0 aliphatic heterocycles. The average molecular weight is 483 g/mol. The van der Waals surface area contributed by atoms with E-state index in [1.54, 1.807) is 20.8 Å². The van der Waals surface area contributed by atoms with Crippen molar-refractivity contribution in [3.63, 3.8) is 0 Å². The van der Waals surface area contributed by atoms with Gasteiger partial charge in [-0.05, 0) is 11.8 Å². The van der Waals surface area contributed by atoms with Gasteiger partial charge in [0.15, 0.2) is 0 Å². The maximum Gasteiger partial charge on any atom is 0.326 e. The third-order valence-corrected chi connectivity index (χ3v) is 5.42. The first-order valence-corrected chi connectivity index (χ1v) is 11.0. The predicted octanol–water partition coefficient (Wildman–Crippen LogP) is -1.00. The molecule has 0 fully saturated rings. The van der Waals surface area contributed by atoms with Gasteiger partial charge in [-0.3, -0.25) is 19.2 Å². The van der Waals surface area contributed by atoms with Crippen LogP contribution in [0.1, 0.15) is 46.2 Å². The quantitative estimate of drug-likeness (QED) is 0.173. The zero-order valence-electron chi connectivity index (χ0n) is 19.7. The maximum absolute atomic E-state index is 13.1. The van der Waals surface area contributed by atoms with Crippen molar-refractivity contribution in [1.29, 1.82) is 0 Å². The van der Waals surface area contributed by atoms with Crippen molar-refractivity contribution in [2.24, 2.45) is 17.6 Å². The van der Waals surface area contributed by atoms with E-state index in [-0.39, 0.29) is 18.3 Å². The predicted molar refractivity (Wildman–Crippen MR) is 120 cm³/mol. The van der Waals surface area contributed by atoms with Crippen LogP contribution >= 0.6 is 0 Å². The monoisotopic (exact) mass is 482 g/mol. The highest BCUT2D eigenvalue weighted by molar-refractivity contribution is 5.94. The highest BCUT2D eigenvalue weighted by atomic mass is 16.4. The molecule has 1 aromatic rings. The fraction of sp³-hybridized carbons (Fsp3) is 0.619. The van der Waals surface area contributed by atoms with E-state index in [1.165, 1.54) is 12.5 Å². The summed E-state index contributed by atoms with van der Waals surface area (Å²) in [5.74, 6) is -5.50. The highest BCUT2D eigenvalue weighted by Crippen LogP contribution is 2.11. The SMILES string of the molecule is CC[C@H](C)[C@H](NC(=O)[C@@H](N)C(C)C)C(=O)N[C@@H](Cc1cnc[nH]1)C(=O)N[C@@H](CC(=O)O)C(=O)O. The second-order valence-electron chi connectivity index (χ2n) is 8.48. The number of hydrogen-bond acceptors (Lipinski definition) is 7. The van der Waals surface area contributed by atoms with E-state index in [9.17, 15) is 29.1 Å². The number of nitrogens with one attached hydrogen (secondary N) is 4. The van der Waals surface area contributed by atoms with Gasteiger partial charge in [-0.2, -0.15) is 0 Å². The van der Waals surface area contributed by atoms with Gasteiger partial charge in [-0.1, -0.05) is 34.1 Å². The van der Waals surface area contributed by atoms with Crippen molar-refractivity contribution < 1.29 is 34.2 Å². The normalized spacial score (nSPS) is 15.5. The lowest BCUT2D eigenvalue weighted by Gasteiger charge is -2.28. The molecule has 0 aliphatic rings. The minimum atomic E-state index is -1.69. The second kappa shape index (κ2) is 13.3. The van der Waals surface area contributed by atoms with Crippen LogP contribution in [-0.2, 0) is 30.4 Å². The van der Waals surface area contributed by atoms with Crippen LogP contribution in [0.5, 0.6) is 0 Å². The molecule has 8 N–H and O–H groups in total. The first-order valence-electron chi connectivity index (χ1n) is 11.0. The molecule has 1 aromatic heterocycles. The number of H-pyrrole nitrogens is 1. The summed E-state index contributed by atoms with van der Waals surface area (Å²) in [5, 5.41) is 25.5. The number of nitrogens with zero attached hydrogens (tertiary/aromatic N) is 1. The van der Waals surface area contributed by atoms with E-state index in [0.29, 0.717) is 12.1 Å². The summed E-state index contributed by atoms with van der Waals surface area (Å²) in [6.45, 7) is 7.12. The average Bonchev–Trinajstić information content (AvgIpc) is 3.27. The van der Waals surface area contributed by atoms with Gasteiger partial charge in [0, 0.05) is 18.3 Å². The van der Waals surface area contributed by atoms with Gasteiger partial charge in [-0.25, -0.2) is 9.78 Å². The summed E-state index contributed by atoms with van der Waals surface area (Å²) >= 11 is 0. The standard InChI is InChI=1S/C21H34N6O7/c1-5-11(4)17(27-19(31)16(22)10(2)3)20(32)25-13(6-12-8-23-9-24-12)18(30)26-14(21(33)34)7-15(28)29/h8-11,13-14,16-17H,5-7,22H2,1-4H3,(H,23,24)(H,25,32)(H,26,30)(H,27,31)(H,28,29)(H,33,34)/t11-,13-,14-,16-,17-/m0/s1. The molecular weight excluding hydrogens is 448 g/mol. The van der Waals surface area contributed by atoms with Crippen LogP contribution in [0.2, 0.25) is 0 Å². The molecule has 0 saturated carbocycles. The number of nitrogens with two attached hydrogens (primary N) is 1. The van der Waals surface area contributed by atoms with Crippen LogP contribution < -0.4 is 21.7 Å². The molecular formula is C21H34N6O7. The molecule has 0 aliphatic carbocycles. The number of aromatic nitrogens is 2. The number of aliphatic carboxylic acids is 2. The van der Waals surface area contributed by atoms with E-state index in [4.69, 9.17) is 10.8 Å². The van der Waals surface area contributed by atoms with Crippen molar-refractivity contribution >= 4 is 29.7 Å². The molecule has 13 nitrogen and oxygen atoms in total. The van der Waals surface area contributed by atoms with Gasteiger partial charge in [0.2, 0.25) is 17.7 Å². The Morgan fingerprint density at radius 2 is 1.62 bits per heavy atom. The lowest BCUT2D eigenvalue weighted by atomic mass is 9.96. The Morgan fingerprint density at radius 1 is 1.00 bits per heavy atom. The Kier molecular flexibility index (Phi) is 11.2. The molecule has 13 heteroatoms. The van der Waals surface area contributed by atoms with Crippen LogP contribution in [0.4, 0.5) is 0 Å². The fourth-order valence-electron chi connectivity index (χ4n) is 2.99. The minimum absolute atomic E-state index is 0.0797. The number of amides is 3. The van der Waals surface area contributed by atoms with E-state index in [2.05, 4.69) is 25.9 Å². The van der Waals surface area contributed by atoms with E-state index >= 15 is 0 Å². The van der Waals surface area contributed by atoms with Gasteiger partial charge in [-0.15, -0.1) is 0 Å². The third kappa shape index (κ3) is 8.81. The molecule has 3 amide bonds. The second-order valence-corrected chi connectivity index (χ2v) is 8.48. The number of carboxylic acids is 2. The van der Waals surface area contributed by atoms with Crippen LogP contribution in [0.15, 0.2) is 12.5 Å². The van der Waals surface area contributed by atoms with Crippen molar-refractivity contribution in [3.8, 4) is 0 Å². The Balaban J connectivity index is 3.11. The van der Waals surface area contributed by atoms with E-state index in [0.717, 1.165) is 0 Å². The number of carbonyl (C=O) groups is 5. The molecule has 0 unspecified atom stereocenters. The molecule has 0 spiro atoms. The largest absolute Gasteiger partial charge is 0.481 e. The Morgan fingerprint density at radius 3 is 2.09 bits per heavy atom. The van der Waals surface area contributed by atoms with Gasteiger partial charge < -0.3 is 36.9 Å². The summed E-state index contributed by atoms with van der Waals surface area (Å²) < 4.78 is 0. The molecule has 1 rings (SSSR count). The molecule has 34 heavy (non-hydrogen) atoms. The molecule has 0 radical (unpaired) electrons. The van der Waals surface area contributed by atoms with Crippen molar-refractivity contribution in [3.05, 3.63) is 18.2 Å². The molecule has 0 aromatic carbocycles. The molecule has 1 heterocycles.